The van der Waals surface area contributed by atoms with E-state index in [9.17, 15) is 0 Å². The van der Waals surface area contributed by atoms with Crippen molar-refractivity contribution in [3.8, 4) is 6.07 Å². The van der Waals surface area contributed by atoms with Crippen LogP contribution in [0.3, 0.4) is 0 Å². The van der Waals surface area contributed by atoms with E-state index in [1.165, 1.54) is 11.3 Å². The fourth-order valence-electron chi connectivity index (χ4n) is 1.38. The first kappa shape index (κ1) is 14.1. The zero-order chi connectivity index (χ0) is 12.5. The van der Waals surface area contributed by atoms with E-state index < -0.39 is 0 Å². The summed E-state index contributed by atoms with van der Waals surface area (Å²) >= 11 is 1.51. The number of nitrogens with zero attached hydrogens (tertiary/aromatic N) is 1. The molecule has 0 aliphatic carbocycles. The molecule has 1 aromatic heterocycles. The molecule has 0 aliphatic heterocycles. The van der Waals surface area contributed by atoms with E-state index in [-0.39, 0.29) is 6.29 Å². The highest BCUT2D eigenvalue weighted by Crippen LogP contribution is 2.14. The van der Waals surface area contributed by atoms with Crippen LogP contribution < -0.4 is 5.32 Å². The molecular weight excluding hydrogens is 236 g/mol. The van der Waals surface area contributed by atoms with Crippen LogP contribution in [0, 0.1) is 11.3 Å². The molecule has 0 aromatic carbocycles. The Balaban J connectivity index is 2.27. The lowest BCUT2D eigenvalue weighted by Crippen LogP contribution is -2.31. The van der Waals surface area contributed by atoms with Gasteiger partial charge in [-0.25, -0.2) is 0 Å². The maximum Gasteiger partial charge on any atom is 0.169 e. The van der Waals surface area contributed by atoms with Gasteiger partial charge in [-0.15, -0.1) is 11.3 Å². The predicted molar refractivity (Wildman–Crippen MR) is 67.8 cm³/mol. The van der Waals surface area contributed by atoms with Crippen LogP contribution in [0.5, 0.6) is 0 Å². The van der Waals surface area contributed by atoms with Gasteiger partial charge in [-0.1, -0.05) is 0 Å². The quantitative estimate of drug-likeness (QED) is 0.722. The molecule has 0 unspecified atom stereocenters. The van der Waals surface area contributed by atoms with Crippen LogP contribution in [0.1, 0.15) is 23.6 Å². The van der Waals surface area contributed by atoms with Gasteiger partial charge in [0.15, 0.2) is 6.29 Å². The molecule has 0 atom stereocenters. The van der Waals surface area contributed by atoms with Gasteiger partial charge in [-0.05, 0) is 26.0 Å². The summed E-state index contributed by atoms with van der Waals surface area (Å²) in [6, 6.07) is 5.93. The Morgan fingerprint density at radius 1 is 1.35 bits per heavy atom. The second-order valence-electron chi connectivity index (χ2n) is 3.35. The average molecular weight is 254 g/mol. The Hall–Kier alpha value is -0.930. The van der Waals surface area contributed by atoms with Crippen molar-refractivity contribution < 1.29 is 9.47 Å². The minimum absolute atomic E-state index is 0.194. The van der Waals surface area contributed by atoms with Gasteiger partial charge < -0.3 is 14.8 Å². The van der Waals surface area contributed by atoms with Gasteiger partial charge in [0.25, 0.3) is 0 Å². The molecule has 0 amide bonds. The lowest BCUT2D eigenvalue weighted by atomic mass is 10.4. The van der Waals surface area contributed by atoms with E-state index in [2.05, 4.69) is 11.4 Å². The highest BCUT2D eigenvalue weighted by atomic mass is 32.1. The topological polar surface area (TPSA) is 54.3 Å². The zero-order valence-electron chi connectivity index (χ0n) is 10.2. The number of hydrogen-bond acceptors (Lipinski definition) is 5. The van der Waals surface area contributed by atoms with Gasteiger partial charge in [0.1, 0.15) is 10.9 Å². The summed E-state index contributed by atoms with van der Waals surface area (Å²) in [4.78, 5) is 1.89. The first-order valence-corrected chi connectivity index (χ1v) is 6.54. The molecule has 0 saturated carbocycles. The van der Waals surface area contributed by atoms with E-state index in [4.69, 9.17) is 14.7 Å². The molecule has 17 heavy (non-hydrogen) atoms. The summed E-state index contributed by atoms with van der Waals surface area (Å²) < 4.78 is 10.8. The summed E-state index contributed by atoms with van der Waals surface area (Å²) in [7, 11) is 0. The minimum Gasteiger partial charge on any atom is -0.352 e. The summed E-state index contributed by atoms with van der Waals surface area (Å²) in [6.45, 7) is 6.58. The van der Waals surface area contributed by atoms with Crippen molar-refractivity contribution >= 4 is 11.3 Å². The Kier molecular flexibility index (Phi) is 6.82. The molecular formula is C12H18N2O2S. The largest absolute Gasteiger partial charge is 0.352 e. The van der Waals surface area contributed by atoms with Crippen molar-refractivity contribution in [3.05, 3.63) is 21.9 Å². The van der Waals surface area contributed by atoms with Crippen LogP contribution in [-0.2, 0) is 16.0 Å². The Labute approximate surface area is 106 Å². The van der Waals surface area contributed by atoms with E-state index in [0.717, 1.165) is 16.3 Å². The van der Waals surface area contributed by atoms with Crippen LogP contribution in [0.2, 0.25) is 0 Å². The highest BCUT2D eigenvalue weighted by Gasteiger charge is 2.07. The second kappa shape index (κ2) is 8.20. The normalized spacial score (nSPS) is 10.7. The molecule has 4 nitrogen and oxygen atoms in total. The van der Waals surface area contributed by atoms with Crippen LogP contribution in [-0.4, -0.2) is 26.0 Å². The van der Waals surface area contributed by atoms with Crippen molar-refractivity contribution in [2.45, 2.75) is 26.7 Å². The third-order valence-electron chi connectivity index (χ3n) is 2.09. The Morgan fingerprint density at radius 3 is 2.59 bits per heavy atom. The summed E-state index contributed by atoms with van der Waals surface area (Å²) in [5, 5.41) is 12.0. The maximum absolute atomic E-state index is 8.70. The van der Waals surface area contributed by atoms with Gasteiger partial charge in [0.05, 0.1) is 0 Å². The molecule has 94 valence electrons. The number of ether oxygens (including phenoxy) is 2. The third kappa shape index (κ3) is 5.29. The van der Waals surface area contributed by atoms with E-state index in [1.54, 1.807) is 0 Å². The van der Waals surface area contributed by atoms with Crippen LogP contribution in [0.25, 0.3) is 0 Å². The molecule has 0 spiro atoms. The number of hydrogen-bond donors (Lipinski definition) is 1. The molecule has 1 heterocycles. The van der Waals surface area contributed by atoms with Crippen LogP contribution in [0.15, 0.2) is 12.1 Å². The summed E-state index contributed by atoms with van der Waals surface area (Å²) in [5.41, 5.74) is 0. The molecule has 0 fully saturated rings. The van der Waals surface area contributed by atoms with E-state index >= 15 is 0 Å². The fourth-order valence-corrected chi connectivity index (χ4v) is 2.16. The zero-order valence-corrected chi connectivity index (χ0v) is 11.0. The highest BCUT2D eigenvalue weighted by molar-refractivity contribution is 7.12. The van der Waals surface area contributed by atoms with Gasteiger partial charge in [-0.2, -0.15) is 5.26 Å². The minimum atomic E-state index is -0.194. The first-order chi connectivity index (χ1) is 8.30. The SMILES string of the molecule is CCOC(CNCc1ccc(C#N)s1)OCC. The van der Waals surface area contributed by atoms with Crippen molar-refractivity contribution in [2.75, 3.05) is 19.8 Å². The molecule has 0 radical (unpaired) electrons. The van der Waals surface area contributed by atoms with E-state index in [1.807, 2.05) is 26.0 Å². The van der Waals surface area contributed by atoms with Gasteiger partial charge in [-0.3, -0.25) is 0 Å². The molecule has 1 N–H and O–H groups in total. The third-order valence-corrected chi connectivity index (χ3v) is 3.08. The molecule has 0 bridgehead atoms. The molecule has 1 rings (SSSR count). The van der Waals surface area contributed by atoms with Crippen LogP contribution in [0.4, 0.5) is 0 Å². The van der Waals surface area contributed by atoms with Crippen LogP contribution >= 0.6 is 11.3 Å². The summed E-state index contributed by atoms with van der Waals surface area (Å²) in [5.74, 6) is 0. The lowest BCUT2D eigenvalue weighted by molar-refractivity contribution is -0.133. The van der Waals surface area contributed by atoms with Gasteiger partial charge in [0, 0.05) is 31.2 Å². The van der Waals surface area contributed by atoms with Crippen molar-refractivity contribution in [1.29, 1.82) is 5.26 Å². The van der Waals surface area contributed by atoms with Gasteiger partial charge >= 0.3 is 0 Å². The molecule has 1 aromatic rings. The average Bonchev–Trinajstić information content (AvgIpc) is 2.77. The summed E-state index contributed by atoms with van der Waals surface area (Å²) in [6.07, 6.45) is -0.194. The lowest BCUT2D eigenvalue weighted by Gasteiger charge is -2.17. The molecule has 5 heteroatoms. The molecule has 0 aliphatic rings. The number of nitrogens with one attached hydrogen (secondary N) is 1. The number of thiophene rings is 1. The smallest absolute Gasteiger partial charge is 0.169 e. The number of rotatable bonds is 8. The number of nitriles is 1. The first-order valence-electron chi connectivity index (χ1n) is 5.72. The predicted octanol–water partition coefficient (Wildman–Crippen LogP) is 2.11. The monoisotopic (exact) mass is 254 g/mol. The molecule has 0 saturated heterocycles. The second-order valence-corrected chi connectivity index (χ2v) is 4.52. The fraction of sp³-hybridized carbons (Fsp3) is 0.583. The van der Waals surface area contributed by atoms with E-state index in [0.29, 0.717) is 19.8 Å². The van der Waals surface area contributed by atoms with Gasteiger partial charge in [0.2, 0.25) is 0 Å². The maximum atomic E-state index is 8.70. The Morgan fingerprint density at radius 2 is 2.06 bits per heavy atom. The van der Waals surface area contributed by atoms with Crippen molar-refractivity contribution in [3.63, 3.8) is 0 Å². The standard InChI is InChI=1S/C12H18N2O2S/c1-3-15-12(16-4-2)9-14-8-11-6-5-10(7-13)17-11/h5-6,12,14H,3-4,8-9H2,1-2H3. The van der Waals surface area contributed by atoms with Crippen molar-refractivity contribution in [2.24, 2.45) is 0 Å². The van der Waals surface area contributed by atoms with Crippen molar-refractivity contribution in [1.82, 2.24) is 5.32 Å². The Bertz CT molecular complexity index is 354.